The van der Waals surface area contributed by atoms with Gasteiger partial charge in [-0.25, -0.2) is 4.98 Å². The smallest absolute Gasteiger partial charge is 0.263 e. The Morgan fingerprint density at radius 3 is 3.00 bits per heavy atom. The molecule has 5 nitrogen and oxygen atoms in total. The molecule has 152 valence electrons. The van der Waals surface area contributed by atoms with Crippen LogP contribution in [0, 0.1) is 11.8 Å². The molecular weight excluding hydrogens is 390 g/mol. The van der Waals surface area contributed by atoms with E-state index < -0.39 is 0 Å². The topological polar surface area (TPSA) is 64.0 Å². The molecule has 2 aromatic heterocycles. The summed E-state index contributed by atoms with van der Waals surface area (Å²) in [5, 5.41) is 4.25. The van der Waals surface area contributed by atoms with Crippen molar-refractivity contribution in [1.29, 1.82) is 0 Å². The number of nitrogens with one attached hydrogen (secondary N) is 1. The molecule has 7 heteroatoms. The molecule has 28 heavy (non-hydrogen) atoms. The predicted octanol–water partition coefficient (Wildman–Crippen LogP) is 4.02. The fraction of sp³-hybridized carbons (Fsp3) is 0.571. The molecule has 0 unspecified atom stereocenters. The maximum absolute atomic E-state index is 13.4. The number of nitrogens with zero attached hydrogens (tertiary/aromatic N) is 2. The number of thioether (sulfide) groups is 1. The summed E-state index contributed by atoms with van der Waals surface area (Å²) >= 11 is 3.01. The maximum atomic E-state index is 13.4. The lowest BCUT2D eigenvalue weighted by Crippen LogP contribution is -2.27. The molecule has 0 saturated carbocycles. The molecule has 0 aliphatic heterocycles. The number of amides is 1. The number of carbonyl (C=O) groups excluding carboxylic acids is 1. The van der Waals surface area contributed by atoms with E-state index in [9.17, 15) is 9.59 Å². The lowest BCUT2D eigenvalue weighted by atomic mass is 9.89. The Labute approximate surface area is 174 Å². The molecule has 1 atom stereocenters. The summed E-state index contributed by atoms with van der Waals surface area (Å²) in [6, 6.07) is 0. The van der Waals surface area contributed by atoms with Gasteiger partial charge in [-0.15, -0.1) is 17.9 Å². The molecule has 1 N–H and O–H groups in total. The van der Waals surface area contributed by atoms with Crippen molar-refractivity contribution in [1.82, 2.24) is 14.9 Å². The first kappa shape index (κ1) is 21.1. The zero-order valence-corrected chi connectivity index (χ0v) is 18.5. The van der Waals surface area contributed by atoms with Crippen molar-refractivity contribution in [2.45, 2.75) is 58.2 Å². The number of hydrogen-bond donors (Lipinski definition) is 1. The van der Waals surface area contributed by atoms with Crippen LogP contribution in [0.15, 0.2) is 22.6 Å². The Hall–Kier alpha value is -1.60. The van der Waals surface area contributed by atoms with E-state index in [2.05, 4.69) is 32.7 Å². The van der Waals surface area contributed by atoms with Crippen LogP contribution in [0.1, 0.15) is 44.1 Å². The van der Waals surface area contributed by atoms with Gasteiger partial charge in [-0.05, 0) is 43.1 Å². The molecule has 3 rings (SSSR count). The van der Waals surface area contributed by atoms with Crippen molar-refractivity contribution in [3.05, 3.63) is 33.4 Å². The first-order chi connectivity index (χ1) is 13.4. The molecule has 2 heterocycles. The lowest BCUT2D eigenvalue weighted by molar-refractivity contribution is -0.118. The number of aryl methyl sites for hydroxylation is 1. The Bertz CT molecular complexity index is 930. The standard InChI is InChI=1S/C21H29N3O2S2/c1-5-9-22-17(25)12-27-21-23-19-18(20(26)24(21)10-8-13(2)3)15-7-6-14(4)11-16(15)28-19/h5,13-14H,1,6-12H2,2-4H3,(H,22,25)/t14-/m0/s1. The van der Waals surface area contributed by atoms with Crippen molar-refractivity contribution in [2.24, 2.45) is 11.8 Å². The van der Waals surface area contributed by atoms with Gasteiger partial charge in [0, 0.05) is 18.0 Å². The molecule has 0 aromatic carbocycles. The lowest BCUT2D eigenvalue weighted by Gasteiger charge is -2.18. The minimum Gasteiger partial charge on any atom is -0.352 e. The largest absolute Gasteiger partial charge is 0.352 e. The van der Waals surface area contributed by atoms with E-state index in [1.54, 1.807) is 22.0 Å². The van der Waals surface area contributed by atoms with Gasteiger partial charge in [0.25, 0.3) is 5.56 Å². The van der Waals surface area contributed by atoms with Crippen LogP contribution in [0.25, 0.3) is 10.2 Å². The second kappa shape index (κ2) is 9.27. The van der Waals surface area contributed by atoms with Crippen LogP contribution < -0.4 is 10.9 Å². The Morgan fingerprint density at radius 2 is 2.29 bits per heavy atom. The van der Waals surface area contributed by atoms with Crippen molar-refractivity contribution >= 4 is 39.2 Å². The Kier molecular flexibility index (Phi) is 6.99. The molecule has 0 bridgehead atoms. The van der Waals surface area contributed by atoms with Gasteiger partial charge >= 0.3 is 0 Å². The zero-order chi connectivity index (χ0) is 20.3. The van der Waals surface area contributed by atoms with E-state index in [0.717, 1.165) is 35.9 Å². The highest BCUT2D eigenvalue weighted by Gasteiger charge is 2.25. The second-order valence-electron chi connectivity index (χ2n) is 7.95. The van der Waals surface area contributed by atoms with Crippen LogP contribution in [0.5, 0.6) is 0 Å². The van der Waals surface area contributed by atoms with Gasteiger partial charge in [0.1, 0.15) is 4.83 Å². The van der Waals surface area contributed by atoms with Gasteiger partial charge in [0.05, 0.1) is 11.1 Å². The number of rotatable bonds is 8. The van der Waals surface area contributed by atoms with Crippen LogP contribution in [0.4, 0.5) is 0 Å². The van der Waals surface area contributed by atoms with E-state index in [-0.39, 0.29) is 17.2 Å². The summed E-state index contributed by atoms with van der Waals surface area (Å²) in [5.41, 5.74) is 1.28. The van der Waals surface area contributed by atoms with E-state index in [4.69, 9.17) is 4.98 Å². The minimum absolute atomic E-state index is 0.0618. The average Bonchev–Trinajstić information content (AvgIpc) is 3.01. The highest BCUT2D eigenvalue weighted by Crippen LogP contribution is 2.36. The summed E-state index contributed by atoms with van der Waals surface area (Å²) in [5.74, 6) is 1.32. The van der Waals surface area contributed by atoms with Crippen LogP contribution in [0.3, 0.4) is 0 Å². The third kappa shape index (κ3) is 4.69. The summed E-state index contributed by atoms with van der Waals surface area (Å²) in [6.07, 6.45) is 5.70. The highest BCUT2D eigenvalue weighted by molar-refractivity contribution is 7.99. The van der Waals surface area contributed by atoms with E-state index >= 15 is 0 Å². The third-order valence-corrected chi connectivity index (χ3v) is 7.21. The minimum atomic E-state index is -0.0750. The maximum Gasteiger partial charge on any atom is 0.263 e. The quantitative estimate of drug-likeness (QED) is 0.399. The summed E-state index contributed by atoms with van der Waals surface area (Å²) in [4.78, 5) is 32.4. The van der Waals surface area contributed by atoms with Crippen LogP contribution >= 0.6 is 23.1 Å². The normalized spacial score (nSPS) is 16.4. The van der Waals surface area contributed by atoms with Gasteiger partial charge < -0.3 is 5.32 Å². The molecule has 0 fully saturated rings. The average molecular weight is 420 g/mol. The molecule has 1 aliphatic carbocycles. The Morgan fingerprint density at radius 1 is 1.50 bits per heavy atom. The molecule has 0 radical (unpaired) electrons. The molecule has 0 spiro atoms. The summed E-state index contributed by atoms with van der Waals surface area (Å²) in [6.45, 7) is 11.3. The van der Waals surface area contributed by atoms with Gasteiger partial charge in [-0.2, -0.15) is 0 Å². The molecule has 2 aromatic rings. The first-order valence-electron chi connectivity index (χ1n) is 9.96. The van der Waals surface area contributed by atoms with Crippen molar-refractivity contribution in [3.8, 4) is 0 Å². The van der Waals surface area contributed by atoms with E-state index in [1.165, 1.54) is 22.2 Å². The van der Waals surface area contributed by atoms with Gasteiger partial charge in [-0.3, -0.25) is 14.2 Å². The number of fused-ring (bicyclic) bond motifs is 3. The fourth-order valence-electron chi connectivity index (χ4n) is 3.47. The van der Waals surface area contributed by atoms with Crippen molar-refractivity contribution in [2.75, 3.05) is 12.3 Å². The first-order valence-corrected chi connectivity index (χ1v) is 11.8. The molecular formula is C21H29N3O2S2. The summed E-state index contributed by atoms with van der Waals surface area (Å²) < 4.78 is 1.79. The molecule has 1 amide bonds. The highest BCUT2D eigenvalue weighted by atomic mass is 32.2. The Balaban J connectivity index is 1.98. The van der Waals surface area contributed by atoms with E-state index in [1.807, 2.05) is 0 Å². The van der Waals surface area contributed by atoms with Gasteiger partial charge in [0.2, 0.25) is 5.91 Å². The summed E-state index contributed by atoms with van der Waals surface area (Å²) in [7, 11) is 0. The van der Waals surface area contributed by atoms with Crippen molar-refractivity contribution in [3.63, 3.8) is 0 Å². The SMILES string of the molecule is C=CCNC(=O)CSc1nc2sc3c(c2c(=O)n1CCC(C)C)CC[C@H](C)C3. The molecule has 1 aliphatic rings. The number of aromatic nitrogens is 2. The van der Waals surface area contributed by atoms with Crippen LogP contribution in [-0.2, 0) is 24.2 Å². The molecule has 0 saturated heterocycles. The van der Waals surface area contributed by atoms with Crippen molar-refractivity contribution < 1.29 is 4.79 Å². The van der Waals surface area contributed by atoms with Gasteiger partial charge in [-0.1, -0.05) is 38.6 Å². The number of thiophene rings is 1. The zero-order valence-electron chi connectivity index (χ0n) is 16.9. The fourth-order valence-corrected chi connectivity index (χ4v) is 5.75. The monoisotopic (exact) mass is 419 g/mol. The third-order valence-electron chi connectivity index (χ3n) is 5.09. The van der Waals surface area contributed by atoms with Crippen LogP contribution in [-0.4, -0.2) is 27.8 Å². The second-order valence-corrected chi connectivity index (χ2v) is 9.97. The van der Waals surface area contributed by atoms with Crippen LogP contribution in [0.2, 0.25) is 0 Å². The predicted molar refractivity (Wildman–Crippen MR) is 118 cm³/mol. The number of hydrogen-bond acceptors (Lipinski definition) is 5. The van der Waals surface area contributed by atoms with Gasteiger partial charge in [0.15, 0.2) is 5.16 Å². The van der Waals surface area contributed by atoms with E-state index in [0.29, 0.717) is 30.1 Å². The number of carbonyl (C=O) groups is 1.